The zero-order valence-corrected chi connectivity index (χ0v) is 20.2. The van der Waals surface area contributed by atoms with E-state index in [9.17, 15) is 41.9 Å². The fourth-order valence-corrected chi connectivity index (χ4v) is 4.76. The molecule has 4 aromatic rings. The Morgan fingerprint density at radius 2 is 1.90 bits per heavy atom. The molecule has 198 valence electrons. The van der Waals surface area contributed by atoms with Gasteiger partial charge in [0.2, 0.25) is 0 Å². The second-order valence-corrected chi connectivity index (χ2v) is 9.03. The fraction of sp³-hybridized carbons (Fsp3) is 0.120. The van der Waals surface area contributed by atoms with Crippen LogP contribution in [0, 0.1) is 23.0 Å². The van der Waals surface area contributed by atoms with Crippen LogP contribution in [0.3, 0.4) is 0 Å². The van der Waals surface area contributed by atoms with Crippen LogP contribution in [0.15, 0.2) is 42.5 Å². The van der Waals surface area contributed by atoms with Crippen molar-refractivity contribution in [3.05, 3.63) is 92.6 Å². The predicted molar refractivity (Wildman–Crippen MR) is 127 cm³/mol. The summed E-state index contributed by atoms with van der Waals surface area (Å²) in [5, 5.41) is 29.9. The molecule has 5 rings (SSSR count). The molecule has 14 heteroatoms. The van der Waals surface area contributed by atoms with Crippen LogP contribution < -0.4 is 10.6 Å². The second-order valence-electron chi connectivity index (χ2n) is 8.62. The van der Waals surface area contributed by atoms with Gasteiger partial charge in [-0.25, -0.2) is 8.78 Å². The summed E-state index contributed by atoms with van der Waals surface area (Å²) in [5.41, 5.74) is -6.17. The van der Waals surface area contributed by atoms with Gasteiger partial charge >= 0.3 is 6.18 Å². The van der Waals surface area contributed by atoms with Crippen molar-refractivity contribution in [3.8, 4) is 6.07 Å². The van der Waals surface area contributed by atoms with E-state index >= 15 is 0 Å². The van der Waals surface area contributed by atoms with Crippen molar-refractivity contribution in [2.45, 2.75) is 11.9 Å². The first kappa shape index (κ1) is 26.1. The third-order valence-electron chi connectivity index (χ3n) is 6.17. The number of rotatable bonds is 3. The molecule has 0 bridgehead atoms. The summed E-state index contributed by atoms with van der Waals surface area (Å²) in [6, 6.07) is 7.20. The summed E-state index contributed by atoms with van der Waals surface area (Å²) in [5.74, 6) is -4.34. The summed E-state index contributed by atoms with van der Waals surface area (Å²) in [6.07, 6.45) is -4.96. The minimum absolute atomic E-state index is 0.0500. The number of halogens is 6. The Morgan fingerprint density at radius 1 is 1.18 bits per heavy atom. The summed E-state index contributed by atoms with van der Waals surface area (Å²) in [7, 11) is 1.40. The van der Waals surface area contributed by atoms with Gasteiger partial charge in [0.05, 0.1) is 16.8 Å². The molecule has 1 aliphatic heterocycles. The van der Waals surface area contributed by atoms with Crippen LogP contribution in [-0.4, -0.2) is 26.7 Å². The van der Waals surface area contributed by atoms with Gasteiger partial charge in [-0.1, -0.05) is 11.6 Å². The summed E-state index contributed by atoms with van der Waals surface area (Å²) >= 11 is 6.21. The van der Waals surface area contributed by atoms with Crippen LogP contribution in [0.2, 0.25) is 5.02 Å². The van der Waals surface area contributed by atoms with E-state index in [1.54, 1.807) is 0 Å². The largest absolute Gasteiger partial charge is 0.416 e. The van der Waals surface area contributed by atoms with E-state index in [1.807, 2.05) is 6.07 Å². The average Bonchev–Trinajstić information content (AvgIpc) is 3.32. The highest BCUT2D eigenvalue weighted by atomic mass is 35.5. The number of hydrogen-bond donors (Lipinski definition) is 3. The number of hydrogen-bond acceptors (Lipinski definition) is 5. The lowest BCUT2D eigenvalue weighted by atomic mass is 9.91. The van der Waals surface area contributed by atoms with Gasteiger partial charge in [-0.15, -0.1) is 0 Å². The maximum Gasteiger partial charge on any atom is 0.416 e. The van der Waals surface area contributed by atoms with Crippen LogP contribution in [-0.2, 0) is 18.9 Å². The molecule has 0 saturated heterocycles. The zero-order valence-electron chi connectivity index (χ0n) is 19.4. The Hall–Kier alpha value is -4.54. The monoisotopic (exact) mass is 561 g/mol. The van der Waals surface area contributed by atoms with E-state index in [0.717, 1.165) is 22.9 Å². The maximum absolute atomic E-state index is 14.2. The third kappa shape index (κ3) is 4.14. The molecule has 1 atom stereocenters. The molecule has 3 aromatic carbocycles. The van der Waals surface area contributed by atoms with Gasteiger partial charge in [0.25, 0.3) is 11.8 Å². The van der Waals surface area contributed by atoms with Crippen molar-refractivity contribution in [2.24, 2.45) is 7.05 Å². The number of carbonyl (C=O) groups excluding carboxylic acids is 2. The van der Waals surface area contributed by atoms with Crippen LogP contribution in [0.1, 0.15) is 43.1 Å². The van der Waals surface area contributed by atoms with E-state index in [0.29, 0.717) is 12.1 Å². The fourth-order valence-electron chi connectivity index (χ4n) is 4.50. The molecule has 0 saturated carbocycles. The van der Waals surface area contributed by atoms with E-state index in [1.165, 1.54) is 13.1 Å². The van der Waals surface area contributed by atoms with Crippen molar-refractivity contribution in [1.82, 2.24) is 15.1 Å². The van der Waals surface area contributed by atoms with Crippen LogP contribution in [0.4, 0.5) is 27.6 Å². The lowest BCUT2D eigenvalue weighted by Gasteiger charge is -2.27. The second kappa shape index (κ2) is 8.75. The number of fused-ring (bicyclic) bond motifs is 3. The molecular formula is C25H13ClF5N5O3. The summed E-state index contributed by atoms with van der Waals surface area (Å²) < 4.78 is 69.0. The number of amides is 2. The number of aliphatic hydroxyl groups is 1. The van der Waals surface area contributed by atoms with Crippen molar-refractivity contribution in [3.63, 3.8) is 0 Å². The Balaban J connectivity index is 1.77. The van der Waals surface area contributed by atoms with Gasteiger partial charge in [-0.3, -0.25) is 14.3 Å². The first-order valence-corrected chi connectivity index (χ1v) is 11.3. The molecule has 39 heavy (non-hydrogen) atoms. The number of nitriles is 1. The molecule has 2 amide bonds. The Bertz CT molecular complexity index is 1780. The molecule has 0 radical (unpaired) electrons. The molecule has 1 unspecified atom stereocenters. The number of aromatic nitrogens is 2. The van der Waals surface area contributed by atoms with E-state index in [-0.39, 0.29) is 50.1 Å². The first-order chi connectivity index (χ1) is 18.2. The highest BCUT2D eigenvalue weighted by Gasteiger charge is 2.48. The molecule has 1 aliphatic rings. The van der Waals surface area contributed by atoms with E-state index in [4.69, 9.17) is 11.6 Å². The molecule has 0 fully saturated rings. The number of alkyl halides is 3. The number of benzene rings is 3. The van der Waals surface area contributed by atoms with Crippen molar-refractivity contribution in [1.29, 1.82) is 5.26 Å². The minimum atomic E-state index is -4.96. The summed E-state index contributed by atoms with van der Waals surface area (Å²) in [4.78, 5) is 26.2. The lowest BCUT2D eigenvalue weighted by Crippen LogP contribution is -2.41. The molecule has 2 heterocycles. The topological polar surface area (TPSA) is 120 Å². The van der Waals surface area contributed by atoms with Crippen LogP contribution >= 0.6 is 11.6 Å². The predicted octanol–water partition coefficient (Wildman–Crippen LogP) is 4.58. The molecule has 0 spiro atoms. The van der Waals surface area contributed by atoms with Crippen molar-refractivity contribution in [2.75, 3.05) is 5.32 Å². The van der Waals surface area contributed by atoms with Crippen molar-refractivity contribution >= 4 is 40.0 Å². The normalized spacial score (nSPS) is 16.6. The van der Waals surface area contributed by atoms with Gasteiger partial charge in [0, 0.05) is 34.1 Å². The van der Waals surface area contributed by atoms with Crippen LogP contribution in [0.5, 0.6) is 0 Å². The molecule has 1 aromatic heterocycles. The number of nitrogens with one attached hydrogen (secondary N) is 2. The van der Waals surface area contributed by atoms with Crippen LogP contribution in [0.25, 0.3) is 10.9 Å². The smallest absolute Gasteiger partial charge is 0.363 e. The Morgan fingerprint density at radius 3 is 2.56 bits per heavy atom. The Kier molecular flexibility index (Phi) is 5.85. The van der Waals surface area contributed by atoms with E-state index < -0.39 is 46.5 Å². The van der Waals surface area contributed by atoms with Gasteiger partial charge in [-0.2, -0.15) is 23.5 Å². The van der Waals surface area contributed by atoms with E-state index in [2.05, 4.69) is 15.7 Å². The van der Waals surface area contributed by atoms with Gasteiger partial charge < -0.3 is 15.7 Å². The SMILES string of the molecule is Cn1nc2c3c(c(NC(=O)c4cc(F)cc(C(F)(F)F)c4)cc2c1C#N)C(O)(c1cc(F)ccc1Cl)NC3=O. The molecule has 0 aliphatic carbocycles. The minimum Gasteiger partial charge on any atom is -0.363 e. The molecule has 8 nitrogen and oxygen atoms in total. The van der Waals surface area contributed by atoms with Gasteiger partial charge in [0.1, 0.15) is 28.9 Å². The number of anilines is 1. The van der Waals surface area contributed by atoms with Gasteiger partial charge in [-0.05, 0) is 42.5 Å². The number of aryl methyl sites for hydroxylation is 1. The average molecular weight is 562 g/mol. The lowest BCUT2D eigenvalue weighted by molar-refractivity contribution is -0.137. The first-order valence-electron chi connectivity index (χ1n) is 10.9. The zero-order chi connectivity index (χ0) is 28.4. The maximum atomic E-state index is 14.2. The number of carbonyl (C=O) groups is 2. The third-order valence-corrected chi connectivity index (χ3v) is 6.50. The highest BCUT2D eigenvalue weighted by molar-refractivity contribution is 6.31. The quantitative estimate of drug-likeness (QED) is 0.316. The Labute approximate surface area is 220 Å². The number of nitrogens with zero attached hydrogens (tertiary/aromatic N) is 3. The molecular weight excluding hydrogens is 549 g/mol. The van der Waals surface area contributed by atoms with Gasteiger partial charge in [0.15, 0.2) is 5.72 Å². The highest BCUT2D eigenvalue weighted by Crippen LogP contribution is 2.45. The summed E-state index contributed by atoms with van der Waals surface area (Å²) in [6.45, 7) is 0. The van der Waals surface area contributed by atoms with Crippen molar-refractivity contribution < 1.29 is 36.6 Å². The molecule has 3 N–H and O–H groups in total. The standard InChI is InChI=1S/C25H13ClF5N5O3/c1-36-18(9-32)14-8-17(33-22(37)10-4-11(25(29,30)31)6-13(28)5-10)20-19(21(14)35-36)23(38)34-24(20,39)15-7-12(27)2-3-16(15)26/h2-8,39H,1H3,(H,33,37)(H,34,38).